The van der Waals surface area contributed by atoms with Crippen LogP contribution in [-0.2, 0) is 14.4 Å². The van der Waals surface area contributed by atoms with Crippen molar-refractivity contribution in [2.75, 3.05) is 11.9 Å². The minimum atomic E-state index is -0.254. The SMILES string of the molecule is CCC1=NOC(CNC(=O)CCC(=O)Nc2nncs2)C1. The van der Waals surface area contributed by atoms with E-state index in [2.05, 4.69) is 26.0 Å². The van der Waals surface area contributed by atoms with Gasteiger partial charge in [-0.15, -0.1) is 10.2 Å². The quantitative estimate of drug-likeness (QED) is 0.779. The number of aromatic nitrogens is 2. The molecule has 0 aromatic carbocycles. The molecule has 0 aliphatic carbocycles. The van der Waals surface area contributed by atoms with E-state index in [0.717, 1.165) is 18.6 Å². The first kappa shape index (κ1) is 15.4. The van der Waals surface area contributed by atoms with Crippen molar-refractivity contribution >= 4 is 34.0 Å². The Labute approximate surface area is 126 Å². The Bertz CT molecular complexity index is 517. The summed E-state index contributed by atoms with van der Waals surface area (Å²) in [5.74, 6) is -0.438. The fourth-order valence-electron chi connectivity index (χ4n) is 1.76. The van der Waals surface area contributed by atoms with Gasteiger partial charge in [-0.25, -0.2) is 0 Å². The topological polar surface area (TPSA) is 106 Å². The molecule has 0 fully saturated rings. The van der Waals surface area contributed by atoms with Crippen LogP contribution in [0, 0.1) is 0 Å². The van der Waals surface area contributed by atoms with E-state index in [1.807, 2.05) is 6.92 Å². The van der Waals surface area contributed by atoms with Crippen LogP contribution in [0.3, 0.4) is 0 Å². The zero-order chi connectivity index (χ0) is 15.1. The summed E-state index contributed by atoms with van der Waals surface area (Å²) in [5, 5.41) is 17.0. The molecule has 1 aromatic rings. The lowest BCUT2D eigenvalue weighted by Crippen LogP contribution is -2.32. The number of amides is 2. The van der Waals surface area contributed by atoms with Gasteiger partial charge in [-0.05, 0) is 6.42 Å². The van der Waals surface area contributed by atoms with Crippen LogP contribution in [0.5, 0.6) is 0 Å². The zero-order valence-electron chi connectivity index (χ0n) is 11.7. The van der Waals surface area contributed by atoms with E-state index >= 15 is 0 Å². The number of rotatable bonds is 7. The summed E-state index contributed by atoms with van der Waals surface area (Å²) in [4.78, 5) is 28.4. The molecule has 114 valence electrons. The van der Waals surface area contributed by atoms with Gasteiger partial charge in [-0.2, -0.15) is 0 Å². The number of nitrogens with zero attached hydrogens (tertiary/aromatic N) is 3. The molecule has 0 radical (unpaired) electrons. The molecule has 0 bridgehead atoms. The third kappa shape index (κ3) is 5.10. The number of carbonyl (C=O) groups is 2. The van der Waals surface area contributed by atoms with E-state index in [0.29, 0.717) is 11.7 Å². The van der Waals surface area contributed by atoms with Crippen molar-refractivity contribution in [3.8, 4) is 0 Å². The van der Waals surface area contributed by atoms with Gasteiger partial charge in [0.05, 0.1) is 12.3 Å². The van der Waals surface area contributed by atoms with E-state index in [-0.39, 0.29) is 30.8 Å². The smallest absolute Gasteiger partial charge is 0.226 e. The fraction of sp³-hybridized carbons (Fsp3) is 0.583. The van der Waals surface area contributed by atoms with Crippen LogP contribution >= 0.6 is 11.3 Å². The van der Waals surface area contributed by atoms with Gasteiger partial charge < -0.3 is 15.5 Å². The highest BCUT2D eigenvalue weighted by Gasteiger charge is 2.20. The first-order chi connectivity index (χ1) is 10.2. The molecule has 0 spiro atoms. The molecule has 9 heteroatoms. The van der Waals surface area contributed by atoms with Gasteiger partial charge in [0.15, 0.2) is 0 Å². The van der Waals surface area contributed by atoms with Crippen molar-refractivity contribution < 1.29 is 14.4 Å². The Kier molecular flexibility index (Phi) is 5.61. The Morgan fingerprint density at radius 1 is 1.43 bits per heavy atom. The predicted molar refractivity (Wildman–Crippen MR) is 78.0 cm³/mol. The summed E-state index contributed by atoms with van der Waals surface area (Å²) in [6.45, 7) is 2.42. The van der Waals surface area contributed by atoms with Crippen LogP contribution in [0.1, 0.15) is 32.6 Å². The van der Waals surface area contributed by atoms with Gasteiger partial charge in [-0.1, -0.05) is 23.4 Å². The molecule has 1 unspecified atom stereocenters. The summed E-state index contributed by atoms with van der Waals surface area (Å²) >= 11 is 1.23. The number of nitrogens with one attached hydrogen (secondary N) is 2. The average Bonchev–Trinajstić information content (AvgIpc) is 3.14. The maximum atomic E-state index is 11.6. The lowest BCUT2D eigenvalue weighted by atomic mass is 10.1. The molecule has 2 rings (SSSR count). The molecule has 8 nitrogen and oxygen atoms in total. The van der Waals surface area contributed by atoms with Crippen molar-refractivity contribution in [2.24, 2.45) is 5.16 Å². The number of hydrogen-bond acceptors (Lipinski definition) is 7. The van der Waals surface area contributed by atoms with E-state index in [4.69, 9.17) is 4.84 Å². The van der Waals surface area contributed by atoms with Crippen molar-refractivity contribution in [1.29, 1.82) is 0 Å². The second-order valence-corrected chi connectivity index (χ2v) is 5.37. The summed E-state index contributed by atoms with van der Waals surface area (Å²) in [5.41, 5.74) is 2.53. The molecule has 21 heavy (non-hydrogen) atoms. The molecule has 2 amide bonds. The van der Waals surface area contributed by atoms with Crippen molar-refractivity contribution in [1.82, 2.24) is 15.5 Å². The second kappa shape index (κ2) is 7.67. The minimum Gasteiger partial charge on any atom is -0.390 e. The lowest BCUT2D eigenvalue weighted by molar-refractivity contribution is -0.124. The third-order valence-corrected chi connectivity index (χ3v) is 3.52. The molecule has 2 N–H and O–H groups in total. The molecular weight excluding hydrogens is 294 g/mol. The number of oxime groups is 1. The van der Waals surface area contributed by atoms with E-state index in [1.54, 1.807) is 0 Å². The minimum absolute atomic E-state index is 0.0980. The summed E-state index contributed by atoms with van der Waals surface area (Å²) in [7, 11) is 0. The maximum absolute atomic E-state index is 11.6. The van der Waals surface area contributed by atoms with Crippen LogP contribution in [0.4, 0.5) is 5.13 Å². The van der Waals surface area contributed by atoms with Gasteiger partial charge in [0.25, 0.3) is 0 Å². The molecule has 1 aliphatic heterocycles. The average molecular weight is 311 g/mol. The van der Waals surface area contributed by atoms with Crippen molar-refractivity contribution in [2.45, 2.75) is 38.7 Å². The molecule has 0 saturated heterocycles. The summed E-state index contributed by atoms with van der Waals surface area (Å²) in [6.07, 6.45) is 1.73. The van der Waals surface area contributed by atoms with Crippen LogP contribution < -0.4 is 10.6 Å². The Balaban J connectivity index is 1.58. The Hall–Kier alpha value is -2.03. The molecular formula is C12H17N5O3S. The van der Waals surface area contributed by atoms with Gasteiger partial charge in [-0.3, -0.25) is 9.59 Å². The molecule has 1 aliphatic rings. The normalized spacial score (nSPS) is 17.0. The van der Waals surface area contributed by atoms with Crippen LogP contribution in [-0.4, -0.2) is 40.4 Å². The predicted octanol–water partition coefficient (Wildman–Crippen LogP) is 0.928. The highest BCUT2D eigenvalue weighted by Crippen LogP contribution is 2.11. The van der Waals surface area contributed by atoms with Crippen molar-refractivity contribution in [3.05, 3.63) is 5.51 Å². The highest BCUT2D eigenvalue weighted by atomic mass is 32.1. The Morgan fingerprint density at radius 2 is 2.24 bits per heavy atom. The van der Waals surface area contributed by atoms with Gasteiger partial charge in [0.1, 0.15) is 11.6 Å². The molecule has 1 aromatic heterocycles. The highest BCUT2D eigenvalue weighted by molar-refractivity contribution is 7.13. The maximum Gasteiger partial charge on any atom is 0.226 e. The zero-order valence-corrected chi connectivity index (χ0v) is 12.5. The lowest BCUT2D eigenvalue weighted by Gasteiger charge is -2.09. The summed E-state index contributed by atoms with van der Waals surface area (Å²) in [6, 6.07) is 0. The molecule has 2 heterocycles. The van der Waals surface area contributed by atoms with Crippen LogP contribution in [0.15, 0.2) is 10.7 Å². The third-order valence-electron chi connectivity index (χ3n) is 2.91. The first-order valence-electron chi connectivity index (χ1n) is 6.71. The second-order valence-electron chi connectivity index (χ2n) is 4.54. The molecule has 1 atom stereocenters. The number of hydrogen-bond donors (Lipinski definition) is 2. The van der Waals surface area contributed by atoms with E-state index < -0.39 is 0 Å². The monoisotopic (exact) mass is 311 g/mol. The van der Waals surface area contributed by atoms with E-state index in [1.165, 1.54) is 16.8 Å². The number of anilines is 1. The molecule has 0 saturated carbocycles. The van der Waals surface area contributed by atoms with Crippen LogP contribution in [0.2, 0.25) is 0 Å². The van der Waals surface area contributed by atoms with Crippen molar-refractivity contribution in [3.63, 3.8) is 0 Å². The van der Waals surface area contributed by atoms with Crippen LogP contribution in [0.25, 0.3) is 0 Å². The number of carbonyl (C=O) groups excluding carboxylic acids is 2. The Morgan fingerprint density at radius 3 is 2.90 bits per heavy atom. The standard InChI is InChI=1S/C12H17N5O3S/c1-2-8-5-9(20-17-8)6-13-10(18)3-4-11(19)15-12-16-14-7-21-12/h7,9H,2-6H2,1H3,(H,13,18)(H,15,16,19). The first-order valence-corrected chi connectivity index (χ1v) is 7.59. The van der Waals surface area contributed by atoms with Gasteiger partial charge in [0.2, 0.25) is 16.9 Å². The van der Waals surface area contributed by atoms with Gasteiger partial charge in [0, 0.05) is 19.3 Å². The summed E-state index contributed by atoms with van der Waals surface area (Å²) < 4.78 is 0. The fourth-order valence-corrected chi connectivity index (χ4v) is 2.22. The van der Waals surface area contributed by atoms with Gasteiger partial charge >= 0.3 is 0 Å². The van der Waals surface area contributed by atoms with E-state index in [9.17, 15) is 9.59 Å². The largest absolute Gasteiger partial charge is 0.390 e.